The number of hydrogen-bond acceptors (Lipinski definition) is 6. The summed E-state index contributed by atoms with van der Waals surface area (Å²) in [5, 5.41) is 16.1. The minimum absolute atomic E-state index is 0.0741. The van der Waals surface area contributed by atoms with Crippen LogP contribution in [-0.2, 0) is 0 Å². The van der Waals surface area contributed by atoms with E-state index < -0.39 is 0 Å². The van der Waals surface area contributed by atoms with Crippen LogP contribution in [0, 0.1) is 5.41 Å². The highest BCUT2D eigenvalue weighted by Gasteiger charge is 2.25. The number of nitrogens with one attached hydrogen (secondary N) is 4. The zero-order chi connectivity index (χ0) is 21.6. The van der Waals surface area contributed by atoms with E-state index in [0.717, 1.165) is 18.2 Å². The Balaban J connectivity index is 1.73. The maximum absolute atomic E-state index is 12.4. The predicted octanol–water partition coefficient (Wildman–Crippen LogP) is 3.71. The number of amides is 1. The fourth-order valence-electron chi connectivity index (χ4n) is 3.19. The van der Waals surface area contributed by atoms with Crippen molar-refractivity contribution < 1.29 is 4.79 Å². The van der Waals surface area contributed by atoms with Crippen molar-refractivity contribution in [2.45, 2.75) is 45.2 Å². The second-order valence-corrected chi connectivity index (χ2v) is 8.93. The Bertz CT molecular complexity index is 1160. The molecule has 6 N–H and O–H groups in total. The van der Waals surface area contributed by atoms with Gasteiger partial charge in [-0.2, -0.15) is 0 Å². The summed E-state index contributed by atoms with van der Waals surface area (Å²) in [4.78, 5) is 23.9. The van der Waals surface area contributed by atoms with Gasteiger partial charge < -0.3 is 21.4 Å². The number of aromatic nitrogens is 3. The van der Waals surface area contributed by atoms with Crippen LogP contribution in [0.15, 0.2) is 24.5 Å². The fourth-order valence-corrected chi connectivity index (χ4v) is 3.50. The van der Waals surface area contributed by atoms with E-state index in [1.807, 2.05) is 20.8 Å². The molecule has 0 saturated heterocycles. The highest BCUT2D eigenvalue weighted by Crippen LogP contribution is 2.32. The van der Waals surface area contributed by atoms with Gasteiger partial charge in [-0.05, 0) is 45.7 Å². The lowest BCUT2D eigenvalue weighted by Gasteiger charge is -2.23. The molecule has 1 aliphatic rings. The molecular formula is C21H24ClN7O. The van der Waals surface area contributed by atoms with E-state index >= 15 is 0 Å². The summed E-state index contributed by atoms with van der Waals surface area (Å²) in [6.07, 6.45) is 3.40. The molecule has 0 atom stereocenters. The van der Waals surface area contributed by atoms with Gasteiger partial charge in [0.25, 0.3) is 5.91 Å². The van der Waals surface area contributed by atoms with Crippen molar-refractivity contribution in [3.05, 3.63) is 46.4 Å². The van der Waals surface area contributed by atoms with Crippen molar-refractivity contribution in [2.24, 2.45) is 0 Å². The van der Waals surface area contributed by atoms with E-state index in [2.05, 4.69) is 25.6 Å². The van der Waals surface area contributed by atoms with Gasteiger partial charge in [0.2, 0.25) is 0 Å². The highest BCUT2D eigenvalue weighted by molar-refractivity contribution is 6.40. The lowest BCUT2D eigenvalue weighted by Crippen LogP contribution is -2.28. The Morgan fingerprint density at radius 2 is 2.03 bits per heavy atom. The van der Waals surface area contributed by atoms with Gasteiger partial charge in [0.15, 0.2) is 0 Å². The average molecular weight is 426 g/mol. The zero-order valence-electron chi connectivity index (χ0n) is 17.1. The second-order valence-electron chi connectivity index (χ2n) is 8.55. The van der Waals surface area contributed by atoms with Gasteiger partial charge in [0.05, 0.1) is 22.0 Å². The largest absolute Gasteiger partial charge is 0.383 e. The Kier molecular flexibility index (Phi) is 4.89. The third-order valence-corrected chi connectivity index (χ3v) is 5.17. The summed E-state index contributed by atoms with van der Waals surface area (Å²) in [6, 6.07) is 5.54. The molecule has 8 nitrogen and oxygen atoms in total. The molecule has 1 aliphatic carbocycles. The van der Waals surface area contributed by atoms with Crippen LogP contribution >= 0.6 is 11.6 Å². The molecule has 0 bridgehead atoms. The number of hydrogen-bond donors (Lipinski definition) is 5. The lowest BCUT2D eigenvalue weighted by molar-refractivity contribution is 0.0951. The third kappa shape index (κ3) is 3.95. The van der Waals surface area contributed by atoms with E-state index in [4.69, 9.17) is 22.7 Å². The molecular weight excluding hydrogens is 402 g/mol. The molecule has 1 aromatic carbocycles. The summed E-state index contributed by atoms with van der Waals surface area (Å²) >= 11 is 6.59. The number of nitrogens with zero attached hydrogens (tertiary/aromatic N) is 2. The van der Waals surface area contributed by atoms with Crippen molar-refractivity contribution in [1.29, 1.82) is 5.41 Å². The van der Waals surface area contributed by atoms with Gasteiger partial charge in [-0.1, -0.05) is 17.7 Å². The molecule has 156 valence electrons. The van der Waals surface area contributed by atoms with E-state index in [9.17, 15) is 4.79 Å². The summed E-state index contributed by atoms with van der Waals surface area (Å²) < 4.78 is 0. The van der Waals surface area contributed by atoms with Gasteiger partial charge in [-0.15, -0.1) is 0 Å². The standard InChI is InChI=1S/C21H24ClN7O/c1-21(2,3)29-19-14(18(24)25-9-26-19)16(23)17-15(22)12-7-4-10(8-13(12)28-17)20(30)27-11-5-6-11/h4,7-9,11,23,28H,5-6H2,1-3H3,(H,27,30)(H3,24,25,26,29). The first kappa shape index (κ1) is 20.2. The van der Waals surface area contributed by atoms with E-state index in [0.29, 0.717) is 33.2 Å². The summed E-state index contributed by atoms with van der Waals surface area (Å²) in [7, 11) is 0. The fraction of sp³-hybridized carbons (Fsp3) is 0.333. The van der Waals surface area contributed by atoms with Crippen LogP contribution in [0.5, 0.6) is 0 Å². The number of carbonyl (C=O) groups excluding carboxylic acids is 1. The first-order valence-electron chi connectivity index (χ1n) is 9.74. The minimum Gasteiger partial charge on any atom is -0.383 e. The SMILES string of the molecule is CC(C)(C)Nc1ncnc(N)c1C(=N)c1[nH]c2cc(C(=O)NC3CC3)ccc2c1Cl. The number of halogens is 1. The van der Waals surface area contributed by atoms with Crippen LogP contribution in [-0.4, -0.2) is 38.2 Å². The van der Waals surface area contributed by atoms with Crippen LogP contribution in [0.4, 0.5) is 11.6 Å². The number of anilines is 2. The van der Waals surface area contributed by atoms with Crippen molar-refractivity contribution in [1.82, 2.24) is 20.3 Å². The molecule has 30 heavy (non-hydrogen) atoms. The van der Waals surface area contributed by atoms with E-state index in [1.54, 1.807) is 18.2 Å². The number of fused-ring (bicyclic) bond motifs is 1. The number of nitrogen functional groups attached to an aromatic ring is 1. The maximum atomic E-state index is 12.4. The Labute approximate surface area is 179 Å². The van der Waals surface area contributed by atoms with E-state index in [-0.39, 0.29) is 29.0 Å². The summed E-state index contributed by atoms with van der Waals surface area (Å²) in [5.41, 5.74) is 7.86. The quantitative estimate of drug-likeness (QED) is 0.397. The van der Waals surface area contributed by atoms with Crippen LogP contribution in [0.25, 0.3) is 10.9 Å². The number of benzene rings is 1. The molecule has 2 heterocycles. The van der Waals surface area contributed by atoms with Crippen molar-refractivity contribution in [3.63, 3.8) is 0 Å². The highest BCUT2D eigenvalue weighted by atomic mass is 35.5. The van der Waals surface area contributed by atoms with Gasteiger partial charge in [-0.25, -0.2) is 9.97 Å². The van der Waals surface area contributed by atoms with Gasteiger partial charge >= 0.3 is 0 Å². The first-order chi connectivity index (χ1) is 14.1. The van der Waals surface area contributed by atoms with E-state index in [1.165, 1.54) is 6.33 Å². The van der Waals surface area contributed by atoms with Crippen molar-refractivity contribution >= 4 is 45.8 Å². The monoisotopic (exact) mass is 425 g/mol. The number of H-pyrrole nitrogens is 1. The Morgan fingerprint density at radius 3 is 2.70 bits per heavy atom. The number of aromatic amines is 1. The normalized spacial score (nSPS) is 14.0. The minimum atomic E-state index is -0.288. The molecule has 0 spiro atoms. The summed E-state index contributed by atoms with van der Waals surface area (Å²) in [6.45, 7) is 5.97. The zero-order valence-corrected chi connectivity index (χ0v) is 17.8. The van der Waals surface area contributed by atoms with Gasteiger partial charge in [0.1, 0.15) is 18.0 Å². The van der Waals surface area contributed by atoms with Gasteiger partial charge in [0, 0.05) is 28.0 Å². The molecule has 0 radical (unpaired) electrons. The van der Waals surface area contributed by atoms with Crippen LogP contribution in [0.1, 0.15) is 55.2 Å². The smallest absolute Gasteiger partial charge is 0.251 e. The number of carbonyl (C=O) groups is 1. The predicted molar refractivity (Wildman–Crippen MR) is 120 cm³/mol. The first-order valence-corrected chi connectivity index (χ1v) is 10.1. The third-order valence-electron chi connectivity index (χ3n) is 4.78. The second kappa shape index (κ2) is 7.28. The number of rotatable bonds is 5. The van der Waals surface area contributed by atoms with Crippen LogP contribution in [0.2, 0.25) is 5.02 Å². The maximum Gasteiger partial charge on any atom is 0.251 e. The lowest BCUT2D eigenvalue weighted by atomic mass is 10.1. The molecule has 9 heteroatoms. The molecule has 3 aromatic rings. The molecule has 4 rings (SSSR count). The molecule has 0 aliphatic heterocycles. The molecule has 2 aromatic heterocycles. The topological polar surface area (TPSA) is 133 Å². The molecule has 0 unspecified atom stereocenters. The van der Waals surface area contributed by atoms with Crippen LogP contribution in [0.3, 0.4) is 0 Å². The molecule has 1 saturated carbocycles. The van der Waals surface area contributed by atoms with Gasteiger partial charge in [-0.3, -0.25) is 10.2 Å². The average Bonchev–Trinajstić information content (AvgIpc) is 3.41. The Hall–Kier alpha value is -3.13. The van der Waals surface area contributed by atoms with Crippen LogP contribution < -0.4 is 16.4 Å². The van der Waals surface area contributed by atoms with Crippen molar-refractivity contribution in [2.75, 3.05) is 11.1 Å². The Morgan fingerprint density at radius 1 is 1.30 bits per heavy atom. The molecule has 1 fully saturated rings. The number of nitrogens with two attached hydrogens (primary N) is 1. The molecule has 1 amide bonds. The van der Waals surface area contributed by atoms with Crippen molar-refractivity contribution in [3.8, 4) is 0 Å². The summed E-state index contributed by atoms with van der Waals surface area (Å²) in [5.74, 6) is 0.527.